The average Bonchev–Trinajstić information content (AvgIpc) is 2.92. The van der Waals surface area contributed by atoms with Gasteiger partial charge in [-0.25, -0.2) is 0 Å². The molecule has 35 heavy (non-hydrogen) atoms. The molecule has 0 amide bonds. The van der Waals surface area contributed by atoms with Crippen molar-refractivity contribution in [2.24, 2.45) is 5.92 Å². The van der Waals surface area contributed by atoms with Crippen LogP contribution in [0.25, 0.3) is 11.1 Å². The van der Waals surface area contributed by atoms with Gasteiger partial charge in [-0.05, 0) is 103 Å². The van der Waals surface area contributed by atoms with Crippen LogP contribution in [-0.4, -0.2) is 6.67 Å². The molecule has 3 aromatic carbocycles. The molecular weight excluding hydrogens is 427 g/mol. The molecule has 0 atom stereocenters. The molecule has 1 aliphatic carbocycles. The maximum atomic E-state index is 12.6. The van der Waals surface area contributed by atoms with Crippen molar-refractivity contribution in [3.63, 3.8) is 0 Å². The first-order valence-electron chi connectivity index (χ1n) is 14.1. The predicted molar refractivity (Wildman–Crippen MR) is 149 cm³/mol. The van der Waals surface area contributed by atoms with E-state index in [1.54, 1.807) is 0 Å². The lowest BCUT2D eigenvalue weighted by molar-refractivity contribution is 0.283. The molecule has 0 nitrogen and oxygen atoms in total. The largest absolute Gasteiger partial charge is 0.251 e. The smallest absolute Gasteiger partial charge is 0.0897 e. The van der Waals surface area contributed by atoms with E-state index in [1.165, 1.54) is 91.2 Å². The summed E-state index contributed by atoms with van der Waals surface area (Å²) in [5.74, 6) is 1.26. The van der Waals surface area contributed by atoms with Crippen LogP contribution in [0, 0.1) is 5.92 Å². The molecule has 0 bridgehead atoms. The van der Waals surface area contributed by atoms with Gasteiger partial charge >= 0.3 is 0 Å². The van der Waals surface area contributed by atoms with Crippen molar-refractivity contribution in [2.45, 2.75) is 89.9 Å². The maximum absolute atomic E-state index is 12.6. The SMILES string of the molecule is CCCCCCc1ccc(CCc2ccc(-c3ccc([C@H]4CC[C@H](CCF)CC4)cc3)cc2)cc1. The van der Waals surface area contributed by atoms with Crippen LogP contribution in [0.5, 0.6) is 0 Å². The minimum atomic E-state index is -0.158. The van der Waals surface area contributed by atoms with Gasteiger partial charge < -0.3 is 0 Å². The predicted octanol–water partition coefficient (Wildman–Crippen LogP) is 9.89. The number of unbranched alkanes of at least 4 members (excludes halogenated alkanes) is 3. The fourth-order valence-corrected chi connectivity index (χ4v) is 5.67. The highest BCUT2D eigenvalue weighted by atomic mass is 19.1. The van der Waals surface area contributed by atoms with Crippen molar-refractivity contribution < 1.29 is 4.39 Å². The van der Waals surface area contributed by atoms with E-state index in [1.807, 2.05) is 0 Å². The van der Waals surface area contributed by atoms with E-state index >= 15 is 0 Å². The lowest BCUT2D eigenvalue weighted by Crippen LogP contribution is -2.13. The molecule has 0 spiro atoms. The molecule has 0 unspecified atom stereocenters. The third kappa shape index (κ3) is 7.79. The van der Waals surface area contributed by atoms with E-state index in [9.17, 15) is 4.39 Å². The maximum Gasteiger partial charge on any atom is 0.0897 e. The highest BCUT2D eigenvalue weighted by molar-refractivity contribution is 5.64. The van der Waals surface area contributed by atoms with Crippen molar-refractivity contribution >= 4 is 0 Å². The fraction of sp³-hybridized carbons (Fsp3) is 0.471. The Labute approximate surface area is 213 Å². The van der Waals surface area contributed by atoms with Crippen molar-refractivity contribution in [3.05, 3.63) is 95.1 Å². The van der Waals surface area contributed by atoms with E-state index in [4.69, 9.17) is 0 Å². The van der Waals surface area contributed by atoms with Crippen LogP contribution in [0.3, 0.4) is 0 Å². The number of alkyl halides is 1. The first-order valence-corrected chi connectivity index (χ1v) is 14.1. The average molecular weight is 471 g/mol. The van der Waals surface area contributed by atoms with E-state index in [0.717, 1.165) is 19.3 Å². The van der Waals surface area contributed by atoms with Crippen molar-refractivity contribution in [1.82, 2.24) is 0 Å². The Kier molecular flexibility index (Phi) is 9.99. The standard InChI is InChI=1S/C34H43F/c1-2-3-4-5-6-27-7-9-28(10-8-27)11-12-29-13-17-31(18-14-29)33-21-23-34(24-22-33)32-19-15-30(16-20-32)25-26-35/h7-10,13-14,17-18,21-24,30,32H,2-6,11-12,15-16,19-20,25-26H2,1H3/t30-,32-. The molecule has 4 rings (SSSR count). The Hall–Kier alpha value is -2.41. The normalized spacial score (nSPS) is 18.0. The Balaban J connectivity index is 1.25. The highest BCUT2D eigenvalue weighted by Crippen LogP contribution is 2.37. The number of hydrogen-bond acceptors (Lipinski definition) is 0. The van der Waals surface area contributed by atoms with E-state index in [-0.39, 0.29) is 6.67 Å². The van der Waals surface area contributed by atoms with Gasteiger partial charge in [0.25, 0.3) is 0 Å². The van der Waals surface area contributed by atoms with Gasteiger partial charge in [0.1, 0.15) is 0 Å². The second kappa shape index (κ2) is 13.6. The lowest BCUT2D eigenvalue weighted by atomic mass is 9.77. The molecular formula is C34H43F. The summed E-state index contributed by atoms with van der Waals surface area (Å²) in [5.41, 5.74) is 8.35. The topological polar surface area (TPSA) is 0 Å². The third-order valence-electron chi connectivity index (χ3n) is 8.08. The van der Waals surface area contributed by atoms with Gasteiger partial charge in [-0.1, -0.05) is 99.0 Å². The first kappa shape index (κ1) is 25.7. The number of rotatable bonds is 12. The minimum absolute atomic E-state index is 0.158. The zero-order valence-corrected chi connectivity index (χ0v) is 21.7. The van der Waals surface area contributed by atoms with Crippen molar-refractivity contribution in [3.8, 4) is 11.1 Å². The van der Waals surface area contributed by atoms with Crippen LogP contribution in [0.1, 0.15) is 92.9 Å². The van der Waals surface area contributed by atoms with Gasteiger partial charge in [-0.2, -0.15) is 0 Å². The van der Waals surface area contributed by atoms with E-state index < -0.39 is 0 Å². The van der Waals surface area contributed by atoms with Crippen molar-refractivity contribution in [2.75, 3.05) is 6.67 Å². The molecule has 1 aliphatic rings. The highest BCUT2D eigenvalue weighted by Gasteiger charge is 2.22. The van der Waals surface area contributed by atoms with Gasteiger partial charge in [0, 0.05) is 0 Å². The van der Waals surface area contributed by atoms with E-state index in [0.29, 0.717) is 11.8 Å². The van der Waals surface area contributed by atoms with Crippen LogP contribution >= 0.6 is 0 Å². The summed E-state index contributed by atoms with van der Waals surface area (Å²) in [4.78, 5) is 0. The molecule has 0 aromatic heterocycles. The Bertz CT molecular complexity index is 976. The van der Waals surface area contributed by atoms with Gasteiger partial charge in [-0.3, -0.25) is 4.39 Å². The number of halogens is 1. The molecule has 1 saturated carbocycles. The molecule has 0 radical (unpaired) electrons. The molecule has 0 saturated heterocycles. The third-order valence-corrected chi connectivity index (χ3v) is 8.08. The molecule has 0 aliphatic heterocycles. The van der Waals surface area contributed by atoms with Gasteiger partial charge in [-0.15, -0.1) is 0 Å². The summed E-state index contributed by atoms with van der Waals surface area (Å²) >= 11 is 0. The first-order chi connectivity index (χ1) is 17.2. The second-order valence-corrected chi connectivity index (χ2v) is 10.6. The van der Waals surface area contributed by atoms with Crippen LogP contribution < -0.4 is 0 Å². The van der Waals surface area contributed by atoms with Gasteiger partial charge in [0.15, 0.2) is 0 Å². The Morgan fingerprint density at radius 3 is 1.66 bits per heavy atom. The number of hydrogen-bond donors (Lipinski definition) is 0. The monoisotopic (exact) mass is 470 g/mol. The summed E-state index contributed by atoms with van der Waals surface area (Å²) in [6.45, 7) is 2.11. The summed E-state index contributed by atoms with van der Waals surface area (Å²) in [5, 5.41) is 0. The molecule has 3 aromatic rings. The van der Waals surface area contributed by atoms with Crippen LogP contribution in [0.2, 0.25) is 0 Å². The quantitative estimate of drug-likeness (QED) is 0.231. The molecule has 0 N–H and O–H groups in total. The molecule has 186 valence electrons. The fourth-order valence-electron chi connectivity index (χ4n) is 5.67. The van der Waals surface area contributed by atoms with Crippen LogP contribution in [-0.2, 0) is 19.3 Å². The summed E-state index contributed by atoms with van der Waals surface area (Å²) in [7, 11) is 0. The molecule has 1 heteroatoms. The number of benzene rings is 3. The lowest BCUT2D eigenvalue weighted by Gasteiger charge is -2.28. The number of aryl methyl sites for hydroxylation is 3. The van der Waals surface area contributed by atoms with Gasteiger partial charge in [0.05, 0.1) is 6.67 Å². The zero-order chi connectivity index (χ0) is 24.3. The van der Waals surface area contributed by atoms with Crippen LogP contribution in [0.4, 0.5) is 4.39 Å². The summed E-state index contributed by atoms with van der Waals surface area (Å²) in [6, 6.07) is 27.6. The molecule has 1 fully saturated rings. The summed E-state index contributed by atoms with van der Waals surface area (Å²) in [6.07, 6.45) is 14.2. The van der Waals surface area contributed by atoms with Gasteiger partial charge in [0.2, 0.25) is 0 Å². The van der Waals surface area contributed by atoms with Crippen LogP contribution in [0.15, 0.2) is 72.8 Å². The minimum Gasteiger partial charge on any atom is -0.251 e. The van der Waals surface area contributed by atoms with E-state index in [2.05, 4.69) is 79.7 Å². The second-order valence-electron chi connectivity index (χ2n) is 10.6. The summed E-state index contributed by atoms with van der Waals surface area (Å²) < 4.78 is 12.6. The molecule has 0 heterocycles. The Morgan fingerprint density at radius 2 is 1.11 bits per heavy atom. The zero-order valence-electron chi connectivity index (χ0n) is 21.7. The Morgan fingerprint density at radius 1 is 0.600 bits per heavy atom. The van der Waals surface area contributed by atoms with Crippen molar-refractivity contribution in [1.29, 1.82) is 0 Å².